The van der Waals surface area contributed by atoms with Gasteiger partial charge < -0.3 is 10.6 Å². The minimum absolute atomic E-state index is 0. The lowest BCUT2D eigenvalue weighted by atomic mass is 9.94. The number of hydrogen-bond donors (Lipinski definition) is 2. The van der Waals surface area contributed by atoms with Gasteiger partial charge in [-0.05, 0) is 49.6 Å². The quantitative estimate of drug-likeness (QED) is 0.719. The number of nitrogens with one attached hydrogen (secondary N) is 2. The molecule has 2 bridgehead atoms. The average molecular weight is 428 g/mol. The second-order valence-corrected chi connectivity index (χ2v) is 8.45. The first-order valence-electron chi connectivity index (χ1n) is 10.5. The van der Waals surface area contributed by atoms with Gasteiger partial charge in [-0.3, -0.25) is 19.3 Å². The van der Waals surface area contributed by atoms with E-state index in [1.165, 1.54) is 17.7 Å². The van der Waals surface area contributed by atoms with E-state index < -0.39 is 0 Å². The molecule has 2 aromatic rings. The molecule has 6 nitrogen and oxygen atoms in total. The summed E-state index contributed by atoms with van der Waals surface area (Å²) in [6.07, 6.45) is 5.18. The van der Waals surface area contributed by atoms with Gasteiger partial charge in [0, 0.05) is 47.6 Å². The fourth-order valence-electron chi connectivity index (χ4n) is 5.16. The van der Waals surface area contributed by atoms with E-state index in [4.69, 9.17) is 0 Å². The molecule has 2 N–H and O–H groups in total. The lowest BCUT2D eigenvalue weighted by molar-refractivity contribution is -0.122. The molecule has 3 amide bonds. The van der Waals surface area contributed by atoms with Crippen LogP contribution in [0.4, 0.5) is 0 Å². The summed E-state index contributed by atoms with van der Waals surface area (Å²) in [5.41, 5.74) is 1.12. The highest BCUT2D eigenvalue weighted by molar-refractivity contribution is 6.25. The predicted molar refractivity (Wildman–Crippen MR) is 117 cm³/mol. The second kappa shape index (κ2) is 8.36. The molecule has 30 heavy (non-hydrogen) atoms. The molecule has 3 aliphatic rings. The molecule has 2 aromatic carbocycles. The summed E-state index contributed by atoms with van der Waals surface area (Å²) >= 11 is 0. The molecule has 2 unspecified atom stereocenters. The van der Waals surface area contributed by atoms with Crippen LogP contribution < -0.4 is 10.6 Å². The molecular weight excluding hydrogens is 402 g/mol. The van der Waals surface area contributed by atoms with Gasteiger partial charge in [0.1, 0.15) is 0 Å². The number of piperidine rings is 1. The Morgan fingerprint density at radius 2 is 1.60 bits per heavy atom. The summed E-state index contributed by atoms with van der Waals surface area (Å²) in [4.78, 5) is 39.4. The van der Waals surface area contributed by atoms with Gasteiger partial charge in [0.15, 0.2) is 0 Å². The zero-order valence-electron chi connectivity index (χ0n) is 16.7. The van der Waals surface area contributed by atoms with Crippen molar-refractivity contribution in [2.75, 3.05) is 6.54 Å². The molecule has 158 valence electrons. The van der Waals surface area contributed by atoms with E-state index in [0.29, 0.717) is 36.1 Å². The van der Waals surface area contributed by atoms with Crippen molar-refractivity contribution in [2.45, 2.75) is 56.7 Å². The van der Waals surface area contributed by atoms with E-state index in [0.717, 1.165) is 23.6 Å². The molecular formula is C23H26ClN3O3. The van der Waals surface area contributed by atoms with E-state index >= 15 is 0 Å². The number of amides is 3. The second-order valence-electron chi connectivity index (χ2n) is 8.45. The maximum absolute atomic E-state index is 12.9. The van der Waals surface area contributed by atoms with Crippen LogP contribution in [0.5, 0.6) is 0 Å². The summed E-state index contributed by atoms with van der Waals surface area (Å²) in [6.45, 7) is 0.257. The molecule has 2 fully saturated rings. The van der Waals surface area contributed by atoms with E-state index in [9.17, 15) is 14.4 Å². The minimum Gasteiger partial charge on any atom is -0.353 e. The maximum atomic E-state index is 12.9. The van der Waals surface area contributed by atoms with Gasteiger partial charge in [-0.2, -0.15) is 0 Å². The largest absolute Gasteiger partial charge is 0.353 e. The van der Waals surface area contributed by atoms with Gasteiger partial charge in [0.05, 0.1) is 0 Å². The topological polar surface area (TPSA) is 78.5 Å². The zero-order valence-corrected chi connectivity index (χ0v) is 17.5. The fraction of sp³-hybridized carbons (Fsp3) is 0.435. The Morgan fingerprint density at radius 1 is 1.00 bits per heavy atom. The normalized spacial score (nSPS) is 24.7. The highest BCUT2D eigenvalue weighted by Gasteiger charge is 2.34. The summed E-state index contributed by atoms with van der Waals surface area (Å²) in [6, 6.07) is 12.4. The predicted octanol–water partition coefficient (Wildman–Crippen LogP) is 3.04. The van der Waals surface area contributed by atoms with Crippen LogP contribution in [0.3, 0.4) is 0 Å². The first kappa shape index (κ1) is 20.8. The van der Waals surface area contributed by atoms with Gasteiger partial charge in [0.25, 0.3) is 11.8 Å². The first-order chi connectivity index (χ1) is 14.1. The monoisotopic (exact) mass is 427 g/mol. The first-order valence-corrected chi connectivity index (χ1v) is 10.5. The number of carbonyl (C=O) groups excluding carboxylic acids is 3. The molecule has 0 spiro atoms. The molecule has 3 aliphatic heterocycles. The van der Waals surface area contributed by atoms with Crippen LogP contribution in [0, 0.1) is 0 Å². The Labute approximate surface area is 181 Å². The summed E-state index contributed by atoms with van der Waals surface area (Å²) in [7, 11) is 0. The number of imide groups is 1. The van der Waals surface area contributed by atoms with Crippen LogP contribution >= 0.6 is 12.4 Å². The molecule has 2 atom stereocenters. The van der Waals surface area contributed by atoms with Gasteiger partial charge in [-0.15, -0.1) is 12.4 Å². The number of rotatable bonds is 5. The standard InChI is InChI=1S/C23H25N3O3.ClH/c27-20(25-17-12-15-9-10-16(13-17)24-15)8-3-11-26-22(28)18-6-1-4-14-5-2-7-19(21(14)18)23(26)29;/h1-2,4-7,15-17,24H,3,8-13H2,(H,25,27);1H. The number of benzene rings is 2. The number of carbonyl (C=O) groups is 3. The molecule has 0 radical (unpaired) electrons. The third-order valence-electron chi connectivity index (χ3n) is 6.48. The lowest BCUT2D eigenvalue weighted by Gasteiger charge is -2.30. The van der Waals surface area contributed by atoms with Crippen molar-refractivity contribution in [1.29, 1.82) is 0 Å². The van der Waals surface area contributed by atoms with Crippen molar-refractivity contribution in [3.05, 3.63) is 47.5 Å². The highest BCUT2D eigenvalue weighted by Crippen LogP contribution is 2.30. The molecule has 0 aliphatic carbocycles. The smallest absolute Gasteiger partial charge is 0.261 e. The molecule has 5 rings (SSSR count). The number of fused-ring (bicyclic) bond motifs is 2. The van der Waals surface area contributed by atoms with Crippen molar-refractivity contribution in [3.8, 4) is 0 Å². The van der Waals surface area contributed by atoms with Gasteiger partial charge in [-0.1, -0.05) is 24.3 Å². The van der Waals surface area contributed by atoms with Gasteiger partial charge in [0.2, 0.25) is 5.91 Å². The van der Waals surface area contributed by atoms with Crippen molar-refractivity contribution in [2.24, 2.45) is 0 Å². The van der Waals surface area contributed by atoms with Crippen molar-refractivity contribution in [3.63, 3.8) is 0 Å². The molecule has 7 heteroatoms. The number of nitrogens with zero attached hydrogens (tertiary/aromatic N) is 1. The highest BCUT2D eigenvalue weighted by atomic mass is 35.5. The van der Waals surface area contributed by atoms with Crippen LogP contribution in [0.25, 0.3) is 10.8 Å². The molecule has 3 heterocycles. The van der Waals surface area contributed by atoms with Crippen molar-refractivity contribution >= 4 is 40.9 Å². The van der Waals surface area contributed by atoms with E-state index in [-0.39, 0.29) is 42.7 Å². The van der Waals surface area contributed by atoms with Crippen LogP contribution in [0.1, 0.15) is 59.2 Å². The molecule has 0 saturated carbocycles. The Kier molecular flexibility index (Phi) is 5.80. The number of hydrogen-bond acceptors (Lipinski definition) is 4. The fourth-order valence-corrected chi connectivity index (χ4v) is 5.16. The zero-order chi connectivity index (χ0) is 20.0. The van der Waals surface area contributed by atoms with E-state index in [1.807, 2.05) is 24.3 Å². The maximum Gasteiger partial charge on any atom is 0.261 e. The Balaban J connectivity index is 0.00000218. The summed E-state index contributed by atoms with van der Waals surface area (Å²) < 4.78 is 0. The van der Waals surface area contributed by atoms with Crippen LogP contribution in [-0.2, 0) is 4.79 Å². The van der Waals surface area contributed by atoms with Crippen molar-refractivity contribution in [1.82, 2.24) is 15.5 Å². The Hall–Kier alpha value is -2.44. The van der Waals surface area contributed by atoms with E-state index in [2.05, 4.69) is 10.6 Å². The third kappa shape index (κ3) is 3.70. The van der Waals surface area contributed by atoms with Crippen molar-refractivity contribution < 1.29 is 14.4 Å². The SMILES string of the molecule is Cl.O=C(CCCN1C(=O)c2cccc3cccc(c23)C1=O)NC1CC2CCC(C1)N2. The summed E-state index contributed by atoms with van der Waals surface area (Å²) in [5.74, 6) is -0.528. The number of halogens is 1. The third-order valence-corrected chi connectivity index (χ3v) is 6.48. The lowest BCUT2D eigenvalue weighted by Crippen LogP contribution is -2.48. The van der Waals surface area contributed by atoms with Crippen LogP contribution in [-0.4, -0.2) is 47.3 Å². The minimum atomic E-state index is -0.269. The van der Waals surface area contributed by atoms with E-state index in [1.54, 1.807) is 12.1 Å². The molecule has 0 aromatic heterocycles. The van der Waals surface area contributed by atoms with Crippen LogP contribution in [0.2, 0.25) is 0 Å². The Morgan fingerprint density at radius 3 is 2.20 bits per heavy atom. The van der Waals surface area contributed by atoms with Crippen LogP contribution in [0.15, 0.2) is 36.4 Å². The Bertz CT molecular complexity index is 946. The van der Waals surface area contributed by atoms with Gasteiger partial charge >= 0.3 is 0 Å². The molecule has 2 saturated heterocycles. The summed E-state index contributed by atoms with van der Waals surface area (Å²) in [5, 5.41) is 8.35. The average Bonchev–Trinajstić information content (AvgIpc) is 3.06. The van der Waals surface area contributed by atoms with Gasteiger partial charge in [-0.25, -0.2) is 0 Å².